The van der Waals surface area contributed by atoms with Crippen LogP contribution in [0.15, 0.2) is 54.1 Å². The van der Waals surface area contributed by atoms with Gasteiger partial charge in [-0.1, -0.05) is 29.8 Å². The average molecular weight is 450 g/mol. The molecule has 1 N–H and O–H groups in total. The maximum atomic E-state index is 12.8. The van der Waals surface area contributed by atoms with Gasteiger partial charge in [-0.25, -0.2) is 0 Å². The Labute approximate surface area is 192 Å². The summed E-state index contributed by atoms with van der Waals surface area (Å²) in [6.45, 7) is 2.40. The summed E-state index contributed by atoms with van der Waals surface area (Å²) in [4.78, 5) is 15.2. The van der Waals surface area contributed by atoms with E-state index < -0.39 is 12.2 Å². The van der Waals surface area contributed by atoms with Crippen LogP contribution in [0.5, 0.6) is 17.2 Å². The molecule has 1 fully saturated rings. The fourth-order valence-electron chi connectivity index (χ4n) is 5.61. The van der Waals surface area contributed by atoms with Crippen molar-refractivity contribution in [2.45, 2.75) is 50.0 Å². The normalized spacial score (nSPS) is 26.9. The summed E-state index contributed by atoms with van der Waals surface area (Å²) in [5, 5.41) is 11.0. The van der Waals surface area contributed by atoms with Crippen LogP contribution in [0.4, 0.5) is 0 Å². The number of para-hydroxylation sites is 1. The smallest absolute Gasteiger partial charge is 0.306 e. The third kappa shape index (κ3) is 3.75. The van der Waals surface area contributed by atoms with Crippen LogP contribution < -0.4 is 14.2 Å². The number of esters is 1. The van der Waals surface area contributed by atoms with Crippen LogP contribution in [0.2, 0.25) is 0 Å². The van der Waals surface area contributed by atoms with Gasteiger partial charge in [-0.2, -0.15) is 0 Å². The average Bonchev–Trinajstić information content (AvgIpc) is 3.45. The third-order valence-corrected chi connectivity index (χ3v) is 7.05. The SMILES string of the molecule is O=C(CCCOc1ccccc1)OC1C(O)C=C2CCN3Cc4cc5c(cc4C1C23)OCO5. The van der Waals surface area contributed by atoms with Crippen molar-refractivity contribution in [3.8, 4) is 17.2 Å². The van der Waals surface area contributed by atoms with Gasteiger partial charge < -0.3 is 24.1 Å². The lowest BCUT2D eigenvalue weighted by atomic mass is 9.73. The maximum Gasteiger partial charge on any atom is 0.306 e. The Kier molecular flexibility index (Phi) is 5.23. The van der Waals surface area contributed by atoms with E-state index in [0.717, 1.165) is 42.1 Å². The van der Waals surface area contributed by atoms with Crippen LogP contribution in [0, 0.1) is 0 Å². The van der Waals surface area contributed by atoms with E-state index in [4.69, 9.17) is 18.9 Å². The second-order valence-corrected chi connectivity index (χ2v) is 9.05. The number of aliphatic hydroxyl groups excluding tert-OH is 1. The fraction of sp³-hybridized carbons (Fsp3) is 0.423. The summed E-state index contributed by atoms with van der Waals surface area (Å²) in [5.74, 6) is 1.81. The highest BCUT2D eigenvalue weighted by atomic mass is 16.7. The van der Waals surface area contributed by atoms with Gasteiger partial charge in [0.25, 0.3) is 0 Å². The summed E-state index contributed by atoms with van der Waals surface area (Å²) in [6, 6.07) is 13.7. The van der Waals surface area contributed by atoms with Crippen molar-refractivity contribution in [1.29, 1.82) is 0 Å². The molecule has 2 aromatic carbocycles. The van der Waals surface area contributed by atoms with Gasteiger partial charge in [0.1, 0.15) is 18.0 Å². The van der Waals surface area contributed by atoms with Crippen molar-refractivity contribution >= 4 is 5.97 Å². The Balaban J connectivity index is 1.19. The highest BCUT2D eigenvalue weighted by Gasteiger charge is 2.50. The molecule has 4 atom stereocenters. The molecule has 7 nitrogen and oxygen atoms in total. The van der Waals surface area contributed by atoms with E-state index in [2.05, 4.69) is 4.90 Å². The Hall–Kier alpha value is -3.03. The first kappa shape index (κ1) is 20.6. The first-order valence-corrected chi connectivity index (χ1v) is 11.6. The second-order valence-electron chi connectivity index (χ2n) is 9.05. The molecule has 6 rings (SSSR count). The third-order valence-electron chi connectivity index (χ3n) is 7.05. The van der Waals surface area contributed by atoms with Gasteiger partial charge in [0.2, 0.25) is 6.79 Å². The number of hydrogen-bond acceptors (Lipinski definition) is 7. The molecule has 2 aromatic rings. The van der Waals surface area contributed by atoms with E-state index >= 15 is 0 Å². The predicted octanol–water partition coefficient (Wildman–Crippen LogP) is 3.16. The first-order chi connectivity index (χ1) is 16.2. The number of nitrogens with zero attached hydrogens (tertiary/aromatic N) is 1. The highest BCUT2D eigenvalue weighted by molar-refractivity contribution is 5.70. The Bertz CT molecular complexity index is 1080. The minimum Gasteiger partial charge on any atom is -0.494 e. The van der Waals surface area contributed by atoms with Crippen molar-refractivity contribution in [2.75, 3.05) is 19.9 Å². The number of hydrogen-bond donors (Lipinski definition) is 1. The van der Waals surface area contributed by atoms with E-state index in [9.17, 15) is 9.90 Å². The van der Waals surface area contributed by atoms with Crippen LogP contribution in [0.3, 0.4) is 0 Å². The van der Waals surface area contributed by atoms with Crippen molar-refractivity contribution in [3.63, 3.8) is 0 Å². The Morgan fingerprint density at radius 2 is 1.97 bits per heavy atom. The summed E-state index contributed by atoms with van der Waals surface area (Å²) in [5.41, 5.74) is 3.46. The molecule has 0 saturated carbocycles. The van der Waals surface area contributed by atoms with Gasteiger partial charge in [0.15, 0.2) is 11.5 Å². The minimum atomic E-state index is -0.831. The van der Waals surface area contributed by atoms with E-state index in [-0.39, 0.29) is 31.1 Å². The molecule has 1 saturated heterocycles. The lowest BCUT2D eigenvalue weighted by Gasteiger charge is -2.45. The second kappa shape index (κ2) is 8.39. The zero-order chi connectivity index (χ0) is 22.4. The van der Waals surface area contributed by atoms with E-state index in [0.29, 0.717) is 18.8 Å². The van der Waals surface area contributed by atoms with Crippen LogP contribution in [0.25, 0.3) is 0 Å². The van der Waals surface area contributed by atoms with Gasteiger partial charge in [-0.15, -0.1) is 0 Å². The van der Waals surface area contributed by atoms with Crippen molar-refractivity contribution in [2.24, 2.45) is 0 Å². The zero-order valence-electron chi connectivity index (χ0n) is 18.3. The number of carbonyl (C=O) groups excluding carboxylic acids is 1. The zero-order valence-corrected chi connectivity index (χ0v) is 18.3. The van der Waals surface area contributed by atoms with Crippen LogP contribution in [0.1, 0.15) is 36.3 Å². The van der Waals surface area contributed by atoms with Crippen molar-refractivity contribution < 1.29 is 28.8 Å². The molecule has 1 aliphatic carbocycles. The number of benzene rings is 2. The molecule has 33 heavy (non-hydrogen) atoms. The first-order valence-electron chi connectivity index (χ1n) is 11.6. The molecule has 0 spiro atoms. The molecule has 4 aliphatic rings. The minimum absolute atomic E-state index is 0.134. The van der Waals surface area contributed by atoms with E-state index in [1.807, 2.05) is 48.5 Å². The summed E-state index contributed by atoms with van der Waals surface area (Å²) < 4.78 is 22.8. The Morgan fingerprint density at radius 1 is 1.15 bits per heavy atom. The van der Waals surface area contributed by atoms with Gasteiger partial charge in [-0.05, 0) is 48.2 Å². The van der Waals surface area contributed by atoms with Crippen molar-refractivity contribution in [3.05, 3.63) is 65.2 Å². The molecule has 0 amide bonds. The van der Waals surface area contributed by atoms with Gasteiger partial charge >= 0.3 is 5.97 Å². The van der Waals surface area contributed by atoms with Gasteiger partial charge in [0.05, 0.1) is 6.61 Å². The molecule has 0 radical (unpaired) electrons. The Morgan fingerprint density at radius 3 is 2.82 bits per heavy atom. The molecule has 7 heteroatoms. The lowest BCUT2D eigenvalue weighted by Crippen LogP contribution is -2.51. The summed E-state index contributed by atoms with van der Waals surface area (Å²) in [7, 11) is 0. The highest BCUT2D eigenvalue weighted by Crippen LogP contribution is 2.50. The van der Waals surface area contributed by atoms with Crippen LogP contribution >= 0.6 is 0 Å². The standard InChI is InChI=1S/C26H27NO6/c28-20-11-16-8-9-27-14-17-12-21-22(32-15-31-21)13-19(17)24(25(16)27)26(20)33-23(29)7-4-10-30-18-5-2-1-3-6-18/h1-3,5-6,11-13,20,24-26,28H,4,7-10,14-15H2. The monoisotopic (exact) mass is 449 g/mol. The molecule has 3 heterocycles. The molecule has 172 valence electrons. The maximum absolute atomic E-state index is 12.8. The largest absolute Gasteiger partial charge is 0.494 e. The predicted molar refractivity (Wildman–Crippen MR) is 119 cm³/mol. The van der Waals surface area contributed by atoms with Gasteiger partial charge in [-0.3, -0.25) is 9.69 Å². The molecule has 4 unspecified atom stereocenters. The molecular weight excluding hydrogens is 422 g/mol. The quantitative estimate of drug-likeness (QED) is 0.412. The molecule has 0 aromatic heterocycles. The van der Waals surface area contributed by atoms with E-state index in [1.54, 1.807) is 0 Å². The van der Waals surface area contributed by atoms with Crippen LogP contribution in [-0.2, 0) is 16.1 Å². The van der Waals surface area contributed by atoms with E-state index in [1.165, 1.54) is 5.57 Å². The number of fused-ring (bicyclic) bond motifs is 3. The number of carbonyl (C=O) groups is 1. The summed E-state index contributed by atoms with van der Waals surface area (Å²) >= 11 is 0. The molecule has 3 aliphatic heterocycles. The lowest BCUT2D eigenvalue weighted by molar-refractivity contribution is -0.157. The summed E-state index contributed by atoms with van der Waals surface area (Å²) in [6.07, 6.45) is 2.14. The number of rotatable bonds is 6. The van der Waals surface area contributed by atoms with Gasteiger partial charge in [0, 0.05) is 31.5 Å². The topological polar surface area (TPSA) is 77.5 Å². The number of aliphatic hydroxyl groups is 1. The molecular formula is C26H27NO6. The van der Waals surface area contributed by atoms with Crippen LogP contribution in [-0.4, -0.2) is 54.2 Å². The molecule has 0 bridgehead atoms. The number of ether oxygens (including phenoxy) is 4. The van der Waals surface area contributed by atoms with Crippen molar-refractivity contribution in [1.82, 2.24) is 4.90 Å². The fourth-order valence-corrected chi connectivity index (χ4v) is 5.61.